The minimum Gasteiger partial charge on any atom is -0.310 e. The Labute approximate surface area is 136 Å². The summed E-state index contributed by atoms with van der Waals surface area (Å²) in [6.07, 6.45) is 10.4. The molecular weight excluding hydrogens is 266 g/mol. The van der Waals surface area contributed by atoms with Crippen molar-refractivity contribution in [2.75, 3.05) is 0 Å². The van der Waals surface area contributed by atoms with Gasteiger partial charge in [0.05, 0.1) is 0 Å². The lowest BCUT2D eigenvalue weighted by atomic mass is 9.44. The molecule has 120 valence electrons. The van der Waals surface area contributed by atoms with Crippen LogP contribution in [0.4, 0.5) is 0 Å². The van der Waals surface area contributed by atoms with Gasteiger partial charge in [0.25, 0.3) is 0 Å². The molecule has 4 rings (SSSR count). The topological polar surface area (TPSA) is 4.36 Å². The second-order valence-electron chi connectivity index (χ2n) is 9.91. The fourth-order valence-corrected chi connectivity index (χ4v) is 7.09. The lowest BCUT2D eigenvalue weighted by Gasteiger charge is -2.60. The zero-order chi connectivity index (χ0) is 15.7. The first-order valence-electron chi connectivity index (χ1n) is 9.42. The van der Waals surface area contributed by atoms with Gasteiger partial charge in [0.2, 0.25) is 5.54 Å². The summed E-state index contributed by atoms with van der Waals surface area (Å²) >= 11 is 0. The molecule has 0 aromatic carbocycles. The molecule has 4 aliphatic rings. The number of hydrogen-bond donors (Lipinski definition) is 0. The quantitative estimate of drug-likeness (QED) is 0.397. The lowest BCUT2D eigenvalue weighted by molar-refractivity contribution is -0.0619. The molecule has 0 aromatic rings. The first-order valence-corrected chi connectivity index (χ1v) is 9.42. The van der Waals surface area contributed by atoms with Crippen LogP contribution in [-0.2, 0) is 0 Å². The second kappa shape index (κ2) is 4.62. The van der Waals surface area contributed by atoms with Crippen LogP contribution in [0.2, 0.25) is 0 Å². The molecule has 4 aliphatic carbocycles. The maximum absolute atomic E-state index is 7.80. The first kappa shape index (κ1) is 14.8. The van der Waals surface area contributed by atoms with E-state index >= 15 is 0 Å². The fraction of sp³-hybridized carbons (Fsp3) is 0.857. The van der Waals surface area contributed by atoms with Crippen molar-refractivity contribution in [1.29, 1.82) is 0 Å². The molecule has 0 aliphatic heterocycles. The molecular formula is C21H31N. The van der Waals surface area contributed by atoms with E-state index in [0.29, 0.717) is 11.3 Å². The van der Waals surface area contributed by atoms with Gasteiger partial charge in [0, 0.05) is 19.3 Å². The highest BCUT2D eigenvalue weighted by molar-refractivity contribution is 5.26. The van der Waals surface area contributed by atoms with Gasteiger partial charge in [-0.25, -0.2) is 6.57 Å². The molecule has 0 bridgehead atoms. The van der Waals surface area contributed by atoms with E-state index in [2.05, 4.69) is 38.6 Å². The van der Waals surface area contributed by atoms with Crippen LogP contribution in [0.25, 0.3) is 4.85 Å². The predicted molar refractivity (Wildman–Crippen MR) is 91.2 cm³/mol. The number of hydrogen-bond acceptors (Lipinski definition) is 0. The van der Waals surface area contributed by atoms with Gasteiger partial charge in [-0.15, -0.1) is 0 Å². The van der Waals surface area contributed by atoms with Gasteiger partial charge < -0.3 is 4.85 Å². The molecule has 22 heavy (non-hydrogen) atoms. The largest absolute Gasteiger partial charge is 0.310 e. The Morgan fingerprint density at radius 3 is 2.77 bits per heavy atom. The Hall–Kier alpha value is -0.770. The third kappa shape index (κ3) is 1.95. The van der Waals surface area contributed by atoms with Crippen LogP contribution in [0.1, 0.15) is 66.2 Å². The molecule has 0 heterocycles. The minimum atomic E-state index is -0.0855. The van der Waals surface area contributed by atoms with Crippen molar-refractivity contribution in [2.45, 2.75) is 71.8 Å². The van der Waals surface area contributed by atoms with Crippen molar-refractivity contribution in [3.8, 4) is 0 Å². The Kier molecular flexibility index (Phi) is 3.11. The van der Waals surface area contributed by atoms with Gasteiger partial charge >= 0.3 is 0 Å². The van der Waals surface area contributed by atoms with E-state index in [9.17, 15) is 0 Å². The standard InChI is InChI=1S/C21H31N/c1-13-10-15-12-20(2,3)11-14-6-7-17-19(18(14)15)16(13)8-9-21(17,4)22-5/h6,13,15-19H,7-12H2,1-4H3/t13-,15-,16+,17-,18-,19+,21-/m0/s1. The summed E-state index contributed by atoms with van der Waals surface area (Å²) in [6, 6.07) is 0. The molecule has 3 saturated carbocycles. The molecule has 1 heteroatoms. The third-order valence-corrected chi connectivity index (χ3v) is 7.88. The molecule has 1 nitrogen and oxygen atoms in total. The van der Waals surface area contributed by atoms with Crippen molar-refractivity contribution in [2.24, 2.45) is 40.9 Å². The smallest absolute Gasteiger partial charge is 0.233 e. The molecule has 0 spiro atoms. The van der Waals surface area contributed by atoms with Crippen LogP contribution in [-0.4, -0.2) is 5.54 Å². The summed E-state index contributed by atoms with van der Waals surface area (Å²) in [7, 11) is 0. The van der Waals surface area contributed by atoms with E-state index in [1.165, 1.54) is 32.1 Å². The molecule has 0 amide bonds. The van der Waals surface area contributed by atoms with E-state index in [1.807, 2.05) is 0 Å². The first-order chi connectivity index (χ1) is 10.3. The summed E-state index contributed by atoms with van der Waals surface area (Å²) < 4.78 is 0. The zero-order valence-corrected chi connectivity index (χ0v) is 14.7. The fourth-order valence-electron chi connectivity index (χ4n) is 7.09. The summed E-state index contributed by atoms with van der Waals surface area (Å²) in [6.45, 7) is 17.5. The molecule has 0 saturated heterocycles. The van der Waals surface area contributed by atoms with Gasteiger partial charge in [-0.3, -0.25) is 0 Å². The van der Waals surface area contributed by atoms with E-state index in [4.69, 9.17) is 6.57 Å². The number of rotatable bonds is 0. The average molecular weight is 297 g/mol. The summed E-state index contributed by atoms with van der Waals surface area (Å²) in [5.74, 6) is 4.93. The average Bonchev–Trinajstić information content (AvgIpc) is 2.45. The second-order valence-corrected chi connectivity index (χ2v) is 9.91. The van der Waals surface area contributed by atoms with Gasteiger partial charge in [-0.05, 0) is 67.1 Å². The maximum Gasteiger partial charge on any atom is 0.233 e. The van der Waals surface area contributed by atoms with Crippen molar-refractivity contribution in [3.63, 3.8) is 0 Å². The molecule has 3 fully saturated rings. The maximum atomic E-state index is 7.80. The van der Waals surface area contributed by atoms with Crippen molar-refractivity contribution < 1.29 is 0 Å². The van der Waals surface area contributed by atoms with E-state index in [0.717, 1.165) is 36.0 Å². The van der Waals surface area contributed by atoms with E-state index < -0.39 is 0 Å². The lowest BCUT2D eigenvalue weighted by Crippen LogP contribution is -2.56. The van der Waals surface area contributed by atoms with Gasteiger partial charge in [0.1, 0.15) is 0 Å². The summed E-state index contributed by atoms with van der Waals surface area (Å²) in [4.78, 5) is 4.16. The Morgan fingerprint density at radius 2 is 2.05 bits per heavy atom. The van der Waals surface area contributed by atoms with Crippen LogP contribution in [0.5, 0.6) is 0 Å². The van der Waals surface area contributed by atoms with Crippen LogP contribution in [0.15, 0.2) is 11.6 Å². The SMILES string of the molecule is [C-]#[N+][C@@]1(C)CC[C@H]2[C@H]3[C@H]4C(=CC[C@@H]31)CC(C)(C)C[C@@H]4C[C@@H]2C. The minimum absolute atomic E-state index is 0.0855. The summed E-state index contributed by atoms with van der Waals surface area (Å²) in [5.41, 5.74) is 2.19. The highest BCUT2D eigenvalue weighted by Crippen LogP contribution is 2.64. The molecule has 0 radical (unpaired) electrons. The van der Waals surface area contributed by atoms with Crippen LogP contribution in [0.3, 0.4) is 0 Å². The van der Waals surface area contributed by atoms with Gasteiger partial charge in [-0.1, -0.05) is 32.4 Å². The highest BCUT2D eigenvalue weighted by Gasteiger charge is 2.60. The number of nitrogens with zero attached hydrogens (tertiary/aromatic N) is 1. The Bertz CT molecular complexity index is 551. The highest BCUT2D eigenvalue weighted by atomic mass is 14.8. The molecule has 0 N–H and O–H groups in total. The van der Waals surface area contributed by atoms with Crippen molar-refractivity contribution in [1.82, 2.24) is 0 Å². The van der Waals surface area contributed by atoms with E-state index in [1.54, 1.807) is 5.57 Å². The van der Waals surface area contributed by atoms with E-state index in [-0.39, 0.29) is 5.54 Å². The van der Waals surface area contributed by atoms with Crippen molar-refractivity contribution >= 4 is 0 Å². The predicted octanol–water partition coefficient (Wildman–Crippen LogP) is 5.73. The molecule has 0 aromatic heterocycles. The van der Waals surface area contributed by atoms with Gasteiger partial charge in [0.15, 0.2) is 0 Å². The summed E-state index contributed by atoms with van der Waals surface area (Å²) in [5, 5.41) is 0. The molecule has 7 atom stereocenters. The molecule has 0 unspecified atom stereocenters. The zero-order valence-electron chi connectivity index (χ0n) is 14.7. The number of allylic oxidation sites excluding steroid dienone is 2. The third-order valence-electron chi connectivity index (χ3n) is 7.88. The monoisotopic (exact) mass is 297 g/mol. The van der Waals surface area contributed by atoms with Gasteiger partial charge in [-0.2, -0.15) is 0 Å². The normalized spacial score (nSPS) is 52.2. The van der Waals surface area contributed by atoms with Crippen LogP contribution >= 0.6 is 0 Å². The Morgan fingerprint density at radius 1 is 1.27 bits per heavy atom. The van der Waals surface area contributed by atoms with Crippen LogP contribution in [0, 0.1) is 47.5 Å². The Balaban J connectivity index is 1.78. The van der Waals surface area contributed by atoms with Crippen LogP contribution < -0.4 is 0 Å². The van der Waals surface area contributed by atoms with Crippen molar-refractivity contribution in [3.05, 3.63) is 23.1 Å².